The SMILES string of the molecule is COc1ccc(C[C@@H]2[C@@H](CO)CCCN2C)cc1. The number of rotatable bonds is 4. The fourth-order valence-electron chi connectivity index (χ4n) is 2.86. The molecule has 2 atom stereocenters. The minimum atomic E-state index is 0.297. The molecular formula is C15H23NO2. The van der Waals surface area contributed by atoms with Gasteiger partial charge in [-0.15, -0.1) is 0 Å². The molecule has 3 nitrogen and oxygen atoms in total. The molecule has 1 N–H and O–H groups in total. The molecule has 0 amide bonds. The maximum atomic E-state index is 9.49. The normalized spacial score (nSPS) is 25.1. The van der Waals surface area contributed by atoms with E-state index < -0.39 is 0 Å². The fourth-order valence-corrected chi connectivity index (χ4v) is 2.86. The van der Waals surface area contributed by atoms with Crippen LogP contribution in [0.5, 0.6) is 5.75 Å². The van der Waals surface area contributed by atoms with Gasteiger partial charge in [0.15, 0.2) is 0 Å². The van der Waals surface area contributed by atoms with E-state index in [1.807, 2.05) is 12.1 Å². The lowest BCUT2D eigenvalue weighted by Crippen LogP contribution is -2.45. The van der Waals surface area contributed by atoms with Crippen molar-refractivity contribution in [2.45, 2.75) is 25.3 Å². The number of aliphatic hydroxyl groups excluding tert-OH is 1. The van der Waals surface area contributed by atoms with Crippen molar-refractivity contribution in [3.05, 3.63) is 29.8 Å². The van der Waals surface area contributed by atoms with Crippen molar-refractivity contribution in [3.63, 3.8) is 0 Å². The molecule has 0 aliphatic carbocycles. The zero-order chi connectivity index (χ0) is 13.0. The molecule has 0 unspecified atom stereocenters. The highest BCUT2D eigenvalue weighted by Crippen LogP contribution is 2.25. The van der Waals surface area contributed by atoms with Crippen LogP contribution in [0, 0.1) is 5.92 Å². The van der Waals surface area contributed by atoms with Crippen LogP contribution in [0.15, 0.2) is 24.3 Å². The Hall–Kier alpha value is -1.06. The van der Waals surface area contributed by atoms with E-state index in [-0.39, 0.29) is 0 Å². The topological polar surface area (TPSA) is 32.7 Å². The highest BCUT2D eigenvalue weighted by molar-refractivity contribution is 5.27. The van der Waals surface area contributed by atoms with Gasteiger partial charge in [0.25, 0.3) is 0 Å². The van der Waals surface area contributed by atoms with Gasteiger partial charge in [0.1, 0.15) is 5.75 Å². The van der Waals surface area contributed by atoms with Crippen LogP contribution in [-0.4, -0.2) is 43.4 Å². The van der Waals surface area contributed by atoms with Crippen LogP contribution in [0.25, 0.3) is 0 Å². The highest BCUT2D eigenvalue weighted by Gasteiger charge is 2.28. The molecular weight excluding hydrogens is 226 g/mol. The minimum Gasteiger partial charge on any atom is -0.497 e. The predicted octanol–water partition coefficient (Wildman–Crippen LogP) is 1.94. The van der Waals surface area contributed by atoms with Gasteiger partial charge in [-0.3, -0.25) is 0 Å². The van der Waals surface area contributed by atoms with E-state index in [1.165, 1.54) is 12.0 Å². The molecule has 1 aromatic carbocycles. The van der Waals surface area contributed by atoms with E-state index in [0.717, 1.165) is 25.1 Å². The first-order valence-electron chi connectivity index (χ1n) is 6.68. The van der Waals surface area contributed by atoms with Gasteiger partial charge in [0, 0.05) is 12.6 Å². The summed E-state index contributed by atoms with van der Waals surface area (Å²) in [6.45, 7) is 1.43. The number of aliphatic hydroxyl groups is 1. The van der Waals surface area contributed by atoms with Crippen molar-refractivity contribution in [1.82, 2.24) is 4.90 Å². The van der Waals surface area contributed by atoms with Crippen LogP contribution >= 0.6 is 0 Å². The van der Waals surface area contributed by atoms with Gasteiger partial charge in [-0.25, -0.2) is 0 Å². The zero-order valence-corrected chi connectivity index (χ0v) is 11.3. The summed E-state index contributed by atoms with van der Waals surface area (Å²) in [5.41, 5.74) is 1.31. The summed E-state index contributed by atoms with van der Waals surface area (Å²) in [7, 11) is 3.85. The smallest absolute Gasteiger partial charge is 0.118 e. The molecule has 18 heavy (non-hydrogen) atoms. The summed E-state index contributed by atoms with van der Waals surface area (Å²) in [5, 5.41) is 9.49. The van der Waals surface area contributed by atoms with E-state index in [2.05, 4.69) is 24.1 Å². The Morgan fingerprint density at radius 2 is 2.06 bits per heavy atom. The fraction of sp³-hybridized carbons (Fsp3) is 0.600. The lowest BCUT2D eigenvalue weighted by Gasteiger charge is -2.38. The van der Waals surface area contributed by atoms with Gasteiger partial charge < -0.3 is 14.7 Å². The van der Waals surface area contributed by atoms with Gasteiger partial charge in [0.2, 0.25) is 0 Å². The van der Waals surface area contributed by atoms with Gasteiger partial charge in [-0.2, -0.15) is 0 Å². The number of likely N-dealkylation sites (tertiary alicyclic amines) is 1. The second-order valence-corrected chi connectivity index (χ2v) is 5.19. The summed E-state index contributed by atoms with van der Waals surface area (Å²) in [6, 6.07) is 8.71. The number of hydrogen-bond donors (Lipinski definition) is 1. The number of hydrogen-bond acceptors (Lipinski definition) is 3. The van der Waals surface area contributed by atoms with Crippen LogP contribution in [0.2, 0.25) is 0 Å². The Morgan fingerprint density at radius 3 is 2.67 bits per heavy atom. The van der Waals surface area contributed by atoms with Crippen LogP contribution in [0.1, 0.15) is 18.4 Å². The van der Waals surface area contributed by atoms with Crippen molar-refractivity contribution in [1.29, 1.82) is 0 Å². The minimum absolute atomic E-state index is 0.297. The van der Waals surface area contributed by atoms with E-state index in [9.17, 15) is 5.11 Å². The summed E-state index contributed by atoms with van der Waals surface area (Å²) in [5.74, 6) is 1.31. The molecule has 1 fully saturated rings. The van der Waals surface area contributed by atoms with Crippen LogP contribution in [-0.2, 0) is 6.42 Å². The molecule has 1 heterocycles. The van der Waals surface area contributed by atoms with Crippen molar-refractivity contribution >= 4 is 0 Å². The molecule has 3 heteroatoms. The molecule has 1 saturated heterocycles. The monoisotopic (exact) mass is 249 g/mol. The number of ether oxygens (including phenoxy) is 1. The third kappa shape index (κ3) is 3.03. The molecule has 100 valence electrons. The van der Waals surface area contributed by atoms with Gasteiger partial charge >= 0.3 is 0 Å². The Kier molecular flexibility index (Phi) is 4.61. The molecule has 1 aromatic rings. The summed E-state index contributed by atoms with van der Waals surface area (Å²) in [4.78, 5) is 2.38. The van der Waals surface area contributed by atoms with Crippen molar-refractivity contribution in [3.8, 4) is 5.75 Å². The third-order valence-corrected chi connectivity index (χ3v) is 4.03. The number of piperidine rings is 1. The maximum absolute atomic E-state index is 9.49. The molecule has 2 rings (SSSR count). The third-order valence-electron chi connectivity index (χ3n) is 4.03. The summed E-state index contributed by atoms with van der Waals surface area (Å²) >= 11 is 0. The first-order valence-corrected chi connectivity index (χ1v) is 6.68. The number of nitrogens with zero attached hydrogens (tertiary/aromatic N) is 1. The Bertz CT molecular complexity index is 363. The molecule has 0 saturated carbocycles. The number of likely N-dealkylation sites (N-methyl/N-ethyl adjacent to an activating group) is 1. The van der Waals surface area contributed by atoms with Gasteiger partial charge in [0.05, 0.1) is 7.11 Å². The van der Waals surface area contributed by atoms with Crippen LogP contribution < -0.4 is 4.74 Å². The van der Waals surface area contributed by atoms with E-state index >= 15 is 0 Å². The predicted molar refractivity (Wildman–Crippen MR) is 72.9 cm³/mol. The molecule has 1 aliphatic heterocycles. The number of methoxy groups -OCH3 is 1. The molecule has 0 spiro atoms. The summed E-state index contributed by atoms with van der Waals surface area (Å²) < 4.78 is 5.17. The molecule has 0 radical (unpaired) electrons. The first-order chi connectivity index (χ1) is 8.74. The Balaban J connectivity index is 2.05. The average Bonchev–Trinajstić information content (AvgIpc) is 2.42. The van der Waals surface area contributed by atoms with E-state index in [0.29, 0.717) is 18.6 Å². The summed E-state index contributed by atoms with van der Waals surface area (Å²) in [6.07, 6.45) is 3.34. The highest BCUT2D eigenvalue weighted by atomic mass is 16.5. The van der Waals surface area contributed by atoms with Crippen molar-refractivity contribution in [2.75, 3.05) is 27.3 Å². The Labute approximate surface area is 109 Å². The maximum Gasteiger partial charge on any atom is 0.118 e. The lowest BCUT2D eigenvalue weighted by atomic mass is 9.86. The Morgan fingerprint density at radius 1 is 1.33 bits per heavy atom. The first kappa shape index (κ1) is 13.4. The lowest BCUT2D eigenvalue weighted by molar-refractivity contribution is 0.0746. The van der Waals surface area contributed by atoms with Gasteiger partial charge in [-0.1, -0.05) is 12.1 Å². The second kappa shape index (κ2) is 6.21. The molecule has 0 aromatic heterocycles. The second-order valence-electron chi connectivity index (χ2n) is 5.19. The largest absolute Gasteiger partial charge is 0.497 e. The quantitative estimate of drug-likeness (QED) is 0.885. The van der Waals surface area contributed by atoms with E-state index in [1.54, 1.807) is 7.11 Å². The van der Waals surface area contributed by atoms with Crippen molar-refractivity contribution < 1.29 is 9.84 Å². The zero-order valence-electron chi connectivity index (χ0n) is 11.3. The van der Waals surface area contributed by atoms with Crippen LogP contribution in [0.4, 0.5) is 0 Å². The standard InChI is InChI=1S/C15H23NO2/c1-16-9-3-4-13(11-17)15(16)10-12-5-7-14(18-2)8-6-12/h5-8,13,15,17H,3-4,9-11H2,1-2H3/t13-,15-/m1/s1. The van der Waals surface area contributed by atoms with Crippen molar-refractivity contribution in [2.24, 2.45) is 5.92 Å². The average molecular weight is 249 g/mol. The number of benzene rings is 1. The van der Waals surface area contributed by atoms with E-state index in [4.69, 9.17) is 4.74 Å². The van der Waals surface area contributed by atoms with Gasteiger partial charge in [-0.05, 0) is 56.5 Å². The van der Waals surface area contributed by atoms with Crippen LogP contribution in [0.3, 0.4) is 0 Å². The molecule has 0 bridgehead atoms. The molecule has 1 aliphatic rings.